The molecule has 0 aliphatic carbocycles. The first kappa shape index (κ1) is 15.1. The van der Waals surface area contributed by atoms with Crippen molar-refractivity contribution in [2.24, 2.45) is 5.92 Å². The Hall–Kier alpha value is -0.930. The summed E-state index contributed by atoms with van der Waals surface area (Å²) in [6.07, 6.45) is 0. The van der Waals surface area contributed by atoms with Gasteiger partial charge in [0.25, 0.3) is 0 Å². The van der Waals surface area contributed by atoms with Crippen molar-refractivity contribution >= 4 is 0 Å². The molecule has 3 heteroatoms. The van der Waals surface area contributed by atoms with E-state index in [2.05, 4.69) is 19.2 Å². The molecule has 0 bridgehead atoms. The molecule has 0 saturated carbocycles. The molecule has 1 aromatic rings. The summed E-state index contributed by atoms with van der Waals surface area (Å²) in [6.45, 7) is 9.43. The highest BCUT2D eigenvalue weighted by atomic mass is 19.1. The summed E-state index contributed by atoms with van der Waals surface area (Å²) < 4.78 is 18.7. The van der Waals surface area contributed by atoms with Crippen molar-refractivity contribution in [3.63, 3.8) is 0 Å². The Labute approximate surface area is 110 Å². The highest BCUT2D eigenvalue weighted by Gasteiger charge is 2.12. The van der Waals surface area contributed by atoms with E-state index in [9.17, 15) is 4.39 Å². The highest BCUT2D eigenvalue weighted by molar-refractivity contribution is 5.21. The van der Waals surface area contributed by atoms with Crippen LogP contribution in [-0.4, -0.2) is 26.3 Å². The molecule has 0 aliphatic heterocycles. The number of hydrogen-bond acceptors (Lipinski definition) is 2. The third-order valence-electron chi connectivity index (χ3n) is 2.79. The Kier molecular flexibility index (Phi) is 6.91. The molecule has 0 aliphatic rings. The standard InChI is InChI=1S/C15H24FNO/c1-4-18-11-14(10-17-9-12(2)3)13-6-5-7-15(16)8-13/h5-8,12,14,17H,4,9-11H2,1-3H3. The van der Waals surface area contributed by atoms with Crippen LogP contribution in [0.3, 0.4) is 0 Å². The lowest BCUT2D eigenvalue weighted by Crippen LogP contribution is -2.27. The highest BCUT2D eigenvalue weighted by Crippen LogP contribution is 2.16. The van der Waals surface area contributed by atoms with Crippen LogP contribution in [0, 0.1) is 11.7 Å². The summed E-state index contributed by atoms with van der Waals surface area (Å²) in [4.78, 5) is 0. The second-order valence-corrected chi connectivity index (χ2v) is 4.96. The van der Waals surface area contributed by atoms with Crippen molar-refractivity contribution < 1.29 is 9.13 Å². The molecule has 1 unspecified atom stereocenters. The molecule has 0 amide bonds. The van der Waals surface area contributed by atoms with Gasteiger partial charge in [0, 0.05) is 19.1 Å². The molecule has 0 aromatic heterocycles. The fourth-order valence-corrected chi connectivity index (χ4v) is 1.84. The number of ether oxygens (including phenoxy) is 1. The smallest absolute Gasteiger partial charge is 0.123 e. The van der Waals surface area contributed by atoms with Crippen LogP contribution in [0.25, 0.3) is 0 Å². The average Bonchev–Trinajstić information content (AvgIpc) is 2.33. The van der Waals surface area contributed by atoms with Gasteiger partial charge in [-0.15, -0.1) is 0 Å². The van der Waals surface area contributed by atoms with Crippen LogP contribution in [0.2, 0.25) is 0 Å². The van der Waals surface area contributed by atoms with Gasteiger partial charge in [-0.2, -0.15) is 0 Å². The summed E-state index contributed by atoms with van der Waals surface area (Å²) in [5.74, 6) is 0.641. The van der Waals surface area contributed by atoms with Gasteiger partial charge in [0.15, 0.2) is 0 Å². The van der Waals surface area contributed by atoms with Crippen molar-refractivity contribution in [3.8, 4) is 0 Å². The van der Waals surface area contributed by atoms with Gasteiger partial charge in [-0.05, 0) is 37.1 Å². The van der Waals surface area contributed by atoms with Crippen LogP contribution in [0.15, 0.2) is 24.3 Å². The largest absolute Gasteiger partial charge is 0.381 e. The molecule has 2 nitrogen and oxygen atoms in total. The molecular formula is C15H24FNO. The van der Waals surface area contributed by atoms with Gasteiger partial charge in [-0.1, -0.05) is 26.0 Å². The molecule has 102 valence electrons. The van der Waals surface area contributed by atoms with Crippen molar-refractivity contribution in [3.05, 3.63) is 35.6 Å². The van der Waals surface area contributed by atoms with Gasteiger partial charge in [-0.3, -0.25) is 0 Å². The molecule has 0 heterocycles. The van der Waals surface area contributed by atoms with Crippen LogP contribution in [0.5, 0.6) is 0 Å². The summed E-state index contributed by atoms with van der Waals surface area (Å²) in [7, 11) is 0. The first-order valence-corrected chi connectivity index (χ1v) is 6.67. The predicted octanol–water partition coefficient (Wildman–Crippen LogP) is 3.19. The number of benzene rings is 1. The van der Waals surface area contributed by atoms with Crippen molar-refractivity contribution in [2.75, 3.05) is 26.3 Å². The first-order chi connectivity index (χ1) is 8.63. The zero-order valence-electron chi connectivity index (χ0n) is 11.6. The van der Waals surface area contributed by atoms with Gasteiger partial charge < -0.3 is 10.1 Å². The quantitative estimate of drug-likeness (QED) is 0.768. The minimum absolute atomic E-state index is 0.183. The third-order valence-corrected chi connectivity index (χ3v) is 2.79. The van der Waals surface area contributed by atoms with Gasteiger partial charge in [-0.25, -0.2) is 4.39 Å². The lowest BCUT2D eigenvalue weighted by atomic mass is 9.99. The van der Waals surface area contributed by atoms with Gasteiger partial charge in [0.2, 0.25) is 0 Å². The average molecular weight is 253 g/mol. The van der Waals surface area contributed by atoms with Gasteiger partial charge in [0.05, 0.1) is 6.61 Å². The summed E-state index contributed by atoms with van der Waals surface area (Å²) in [5.41, 5.74) is 1.000. The van der Waals surface area contributed by atoms with E-state index < -0.39 is 0 Å². The lowest BCUT2D eigenvalue weighted by molar-refractivity contribution is 0.131. The number of nitrogens with one attached hydrogen (secondary N) is 1. The van der Waals surface area contributed by atoms with Crippen LogP contribution >= 0.6 is 0 Å². The maximum Gasteiger partial charge on any atom is 0.123 e. The van der Waals surface area contributed by atoms with E-state index in [0.717, 1.165) is 18.7 Å². The Morgan fingerprint density at radius 2 is 2.06 bits per heavy atom. The first-order valence-electron chi connectivity index (χ1n) is 6.67. The van der Waals surface area contributed by atoms with Crippen LogP contribution in [0.4, 0.5) is 4.39 Å². The molecule has 1 atom stereocenters. The number of rotatable bonds is 8. The molecule has 18 heavy (non-hydrogen) atoms. The topological polar surface area (TPSA) is 21.3 Å². The molecule has 0 fully saturated rings. The van der Waals surface area contributed by atoms with E-state index in [0.29, 0.717) is 19.1 Å². The second-order valence-electron chi connectivity index (χ2n) is 4.96. The summed E-state index contributed by atoms with van der Waals surface area (Å²) >= 11 is 0. The van der Waals surface area contributed by atoms with Gasteiger partial charge >= 0.3 is 0 Å². The predicted molar refractivity (Wildman–Crippen MR) is 73.3 cm³/mol. The Morgan fingerprint density at radius 1 is 1.28 bits per heavy atom. The zero-order chi connectivity index (χ0) is 13.4. The minimum atomic E-state index is -0.183. The molecular weight excluding hydrogens is 229 g/mol. The fraction of sp³-hybridized carbons (Fsp3) is 0.600. The van der Waals surface area contributed by atoms with E-state index in [1.807, 2.05) is 13.0 Å². The van der Waals surface area contributed by atoms with Crippen molar-refractivity contribution in [1.82, 2.24) is 5.32 Å². The minimum Gasteiger partial charge on any atom is -0.381 e. The van der Waals surface area contributed by atoms with Crippen LogP contribution < -0.4 is 5.32 Å². The van der Waals surface area contributed by atoms with Crippen LogP contribution in [0.1, 0.15) is 32.3 Å². The van der Waals surface area contributed by atoms with E-state index in [1.165, 1.54) is 6.07 Å². The molecule has 0 saturated heterocycles. The SMILES string of the molecule is CCOCC(CNCC(C)C)c1cccc(F)c1. The molecule has 0 spiro atoms. The van der Waals surface area contributed by atoms with E-state index in [4.69, 9.17) is 4.74 Å². The summed E-state index contributed by atoms with van der Waals surface area (Å²) in [5, 5.41) is 3.41. The fourth-order valence-electron chi connectivity index (χ4n) is 1.84. The normalized spacial score (nSPS) is 12.9. The van der Waals surface area contributed by atoms with Crippen molar-refractivity contribution in [2.45, 2.75) is 26.7 Å². The Morgan fingerprint density at radius 3 is 2.67 bits per heavy atom. The van der Waals surface area contributed by atoms with Crippen LogP contribution in [-0.2, 0) is 4.74 Å². The monoisotopic (exact) mass is 253 g/mol. The van der Waals surface area contributed by atoms with E-state index in [1.54, 1.807) is 12.1 Å². The zero-order valence-corrected chi connectivity index (χ0v) is 11.6. The second kappa shape index (κ2) is 8.22. The third kappa shape index (κ3) is 5.61. The Bertz CT molecular complexity index is 341. The van der Waals surface area contributed by atoms with E-state index >= 15 is 0 Å². The van der Waals surface area contributed by atoms with E-state index in [-0.39, 0.29) is 11.7 Å². The Balaban J connectivity index is 2.59. The number of hydrogen-bond donors (Lipinski definition) is 1. The number of halogens is 1. The maximum atomic E-state index is 13.2. The lowest BCUT2D eigenvalue weighted by Gasteiger charge is -2.19. The maximum absolute atomic E-state index is 13.2. The molecule has 1 N–H and O–H groups in total. The summed E-state index contributed by atoms with van der Waals surface area (Å²) in [6, 6.07) is 6.79. The van der Waals surface area contributed by atoms with Crippen molar-refractivity contribution in [1.29, 1.82) is 0 Å². The molecule has 0 radical (unpaired) electrons. The molecule has 1 rings (SSSR count). The van der Waals surface area contributed by atoms with Gasteiger partial charge in [0.1, 0.15) is 5.82 Å². The molecule has 1 aromatic carbocycles.